The Morgan fingerprint density at radius 2 is 1.90 bits per heavy atom. The van der Waals surface area contributed by atoms with Crippen LogP contribution in [0, 0.1) is 0 Å². The first-order chi connectivity index (χ1) is 10.4. The van der Waals surface area contributed by atoms with Crippen LogP contribution in [-0.2, 0) is 12.8 Å². The van der Waals surface area contributed by atoms with Crippen LogP contribution in [0.3, 0.4) is 0 Å². The molecule has 2 N–H and O–H groups in total. The second-order valence-electron chi connectivity index (χ2n) is 5.85. The van der Waals surface area contributed by atoms with Crippen LogP contribution in [-0.4, -0.2) is 11.5 Å². The molecule has 0 amide bonds. The summed E-state index contributed by atoms with van der Waals surface area (Å²) in [4.78, 5) is 3.35. The lowest BCUT2D eigenvalue weighted by Crippen LogP contribution is -2.21. The molecule has 2 heteroatoms. The van der Waals surface area contributed by atoms with Crippen LogP contribution < -0.4 is 5.32 Å². The van der Waals surface area contributed by atoms with E-state index in [4.69, 9.17) is 0 Å². The molecule has 1 aromatic heterocycles. The number of rotatable bonds is 4. The van der Waals surface area contributed by atoms with Gasteiger partial charge in [-0.2, -0.15) is 0 Å². The topological polar surface area (TPSA) is 27.8 Å². The van der Waals surface area contributed by atoms with Gasteiger partial charge in [0.2, 0.25) is 0 Å². The van der Waals surface area contributed by atoms with E-state index in [9.17, 15) is 0 Å². The van der Waals surface area contributed by atoms with Crippen LogP contribution in [0.5, 0.6) is 0 Å². The molecule has 4 rings (SSSR count). The molecular formula is C19H20N2. The number of nitrogens with one attached hydrogen (secondary N) is 2. The van der Waals surface area contributed by atoms with Crippen LogP contribution in [0.1, 0.15) is 29.2 Å². The van der Waals surface area contributed by atoms with Crippen LogP contribution in [0.2, 0.25) is 0 Å². The van der Waals surface area contributed by atoms with E-state index in [1.54, 1.807) is 0 Å². The summed E-state index contributed by atoms with van der Waals surface area (Å²) in [5.41, 5.74) is 5.65. The zero-order valence-electron chi connectivity index (χ0n) is 12.1. The molecule has 0 radical (unpaired) electrons. The minimum absolute atomic E-state index is 0.534. The van der Waals surface area contributed by atoms with E-state index in [-0.39, 0.29) is 0 Å². The molecule has 21 heavy (non-hydrogen) atoms. The van der Waals surface area contributed by atoms with Gasteiger partial charge < -0.3 is 10.3 Å². The number of fused-ring (bicyclic) bond motifs is 2. The molecule has 1 heterocycles. The largest absolute Gasteiger partial charge is 0.361 e. The predicted molar refractivity (Wildman–Crippen MR) is 87.5 cm³/mol. The summed E-state index contributed by atoms with van der Waals surface area (Å²) in [6.07, 6.45) is 5.66. The van der Waals surface area contributed by atoms with Gasteiger partial charge in [0.25, 0.3) is 0 Å². The fourth-order valence-electron chi connectivity index (χ4n) is 3.49. The zero-order valence-corrected chi connectivity index (χ0v) is 12.1. The molecule has 1 atom stereocenters. The first-order valence-electron chi connectivity index (χ1n) is 7.78. The van der Waals surface area contributed by atoms with E-state index in [2.05, 4.69) is 65.0 Å². The maximum atomic E-state index is 3.73. The van der Waals surface area contributed by atoms with Crippen LogP contribution >= 0.6 is 0 Å². The molecule has 2 nitrogen and oxygen atoms in total. The molecule has 3 aromatic rings. The second-order valence-corrected chi connectivity index (χ2v) is 5.85. The van der Waals surface area contributed by atoms with Crippen LogP contribution in [0.15, 0.2) is 54.7 Å². The van der Waals surface area contributed by atoms with Gasteiger partial charge in [0.15, 0.2) is 0 Å². The summed E-state index contributed by atoms with van der Waals surface area (Å²) in [7, 11) is 0. The Kier molecular flexibility index (Phi) is 3.24. The number of aryl methyl sites for hydroxylation is 1. The number of aromatic nitrogens is 1. The molecule has 2 aromatic carbocycles. The second kappa shape index (κ2) is 5.38. The summed E-state index contributed by atoms with van der Waals surface area (Å²) in [5, 5.41) is 5.08. The Hall–Kier alpha value is -2.06. The lowest BCUT2D eigenvalue weighted by molar-refractivity contribution is 0.534. The van der Waals surface area contributed by atoms with E-state index in [0.29, 0.717) is 6.04 Å². The van der Waals surface area contributed by atoms with Crippen molar-refractivity contribution in [1.29, 1.82) is 0 Å². The lowest BCUT2D eigenvalue weighted by atomic mass is 10.1. The smallest absolute Gasteiger partial charge is 0.0456 e. The van der Waals surface area contributed by atoms with Crippen molar-refractivity contribution in [3.63, 3.8) is 0 Å². The molecule has 1 aliphatic rings. The average Bonchev–Trinajstić information content (AvgIpc) is 3.13. The standard InChI is InChI=1S/C19H20N2/c1-2-6-16-14(5-1)9-10-19(16)20-12-11-15-13-21-18-8-4-3-7-17(15)18/h1-8,13,19-21H,9-12H2. The fraction of sp³-hybridized carbons (Fsp3) is 0.263. The number of para-hydroxylation sites is 1. The zero-order chi connectivity index (χ0) is 14.1. The van der Waals surface area contributed by atoms with E-state index < -0.39 is 0 Å². The Morgan fingerprint density at radius 3 is 2.90 bits per heavy atom. The minimum atomic E-state index is 0.534. The molecule has 1 unspecified atom stereocenters. The van der Waals surface area contributed by atoms with Gasteiger partial charge in [-0.25, -0.2) is 0 Å². The summed E-state index contributed by atoms with van der Waals surface area (Å²) < 4.78 is 0. The third-order valence-corrected chi connectivity index (χ3v) is 4.59. The highest BCUT2D eigenvalue weighted by Gasteiger charge is 2.20. The van der Waals surface area contributed by atoms with Crippen molar-refractivity contribution in [2.24, 2.45) is 0 Å². The number of benzene rings is 2. The van der Waals surface area contributed by atoms with Crippen molar-refractivity contribution in [2.75, 3.05) is 6.54 Å². The molecule has 0 saturated carbocycles. The number of aromatic amines is 1. The van der Waals surface area contributed by atoms with Crippen molar-refractivity contribution >= 4 is 10.9 Å². The first-order valence-corrected chi connectivity index (χ1v) is 7.78. The van der Waals surface area contributed by atoms with Gasteiger partial charge in [-0.1, -0.05) is 42.5 Å². The monoisotopic (exact) mass is 276 g/mol. The minimum Gasteiger partial charge on any atom is -0.361 e. The number of H-pyrrole nitrogens is 1. The molecule has 0 bridgehead atoms. The van der Waals surface area contributed by atoms with Gasteiger partial charge >= 0.3 is 0 Å². The SMILES string of the molecule is c1ccc2c(c1)CCC2NCCc1c[nH]c2ccccc12. The lowest BCUT2D eigenvalue weighted by Gasteiger charge is -2.13. The van der Waals surface area contributed by atoms with Gasteiger partial charge in [-0.3, -0.25) is 0 Å². The number of hydrogen-bond acceptors (Lipinski definition) is 1. The van der Waals surface area contributed by atoms with Crippen LogP contribution in [0.4, 0.5) is 0 Å². The third kappa shape index (κ3) is 2.36. The van der Waals surface area contributed by atoms with Crippen molar-refractivity contribution in [3.05, 3.63) is 71.4 Å². The molecule has 1 aliphatic carbocycles. The van der Waals surface area contributed by atoms with Gasteiger partial charge in [0.1, 0.15) is 0 Å². The Bertz CT molecular complexity index is 757. The molecule has 0 saturated heterocycles. The Labute approximate surface area is 125 Å². The van der Waals surface area contributed by atoms with Crippen molar-refractivity contribution in [1.82, 2.24) is 10.3 Å². The molecule has 106 valence electrons. The van der Waals surface area contributed by atoms with Gasteiger partial charge in [-0.15, -0.1) is 0 Å². The van der Waals surface area contributed by atoms with E-state index in [1.807, 2.05) is 0 Å². The third-order valence-electron chi connectivity index (χ3n) is 4.59. The molecule has 0 spiro atoms. The number of hydrogen-bond donors (Lipinski definition) is 2. The highest BCUT2D eigenvalue weighted by Crippen LogP contribution is 2.30. The highest BCUT2D eigenvalue weighted by atomic mass is 14.9. The maximum Gasteiger partial charge on any atom is 0.0456 e. The normalized spacial score (nSPS) is 17.2. The quantitative estimate of drug-likeness (QED) is 0.741. The van der Waals surface area contributed by atoms with E-state index >= 15 is 0 Å². The molecule has 0 fully saturated rings. The van der Waals surface area contributed by atoms with Crippen molar-refractivity contribution < 1.29 is 0 Å². The van der Waals surface area contributed by atoms with Gasteiger partial charge in [-0.05, 0) is 48.6 Å². The predicted octanol–water partition coefficient (Wildman–Crippen LogP) is 3.99. The van der Waals surface area contributed by atoms with Gasteiger partial charge in [0, 0.05) is 23.1 Å². The van der Waals surface area contributed by atoms with Gasteiger partial charge in [0.05, 0.1) is 0 Å². The Morgan fingerprint density at radius 1 is 1.05 bits per heavy atom. The van der Waals surface area contributed by atoms with Crippen molar-refractivity contribution in [3.8, 4) is 0 Å². The fourth-order valence-corrected chi connectivity index (χ4v) is 3.49. The molecule has 0 aliphatic heterocycles. The van der Waals surface area contributed by atoms with E-state index in [0.717, 1.165) is 13.0 Å². The summed E-state index contributed by atoms with van der Waals surface area (Å²) >= 11 is 0. The average molecular weight is 276 g/mol. The first kappa shape index (κ1) is 12.7. The van der Waals surface area contributed by atoms with E-state index in [1.165, 1.54) is 40.4 Å². The summed E-state index contributed by atoms with van der Waals surface area (Å²) in [5.74, 6) is 0. The summed E-state index contributed by atoms with van der Waals surface area (Å²) in [6, 6.07) is 17.9. The molecular weight excluding hydrogens is 256 g/mol. The summed E-state index contributed by atoms with van der Waals surface area (Å²) in [6.45, 7) is 1.03. The van der Waals surface area contributed by atoms with Crippen LogP contribution in [0.25, 0.3) is 10.9 Å². The highest BCUT2D eigenvalue weighted by molar-refractivity contribution is 5.83. The van der Waals surface area contributed by atoms with Crippen molar-refractivity contribution in [2.45, 2.75) is 25.3 Å². The Balaban J connectivity index is 1.42. The maximum absolute atomic E-state index is 3.73.